The Morgan fingerprint density at radius 2 is 2.29 bits per heavy atom. The first-order chi connectivity index (χ1) is 10.1. The van der Waals surface area contributed by atoms with Crippen molar-refractivity contribution in [3.05, 3.63) is 29.7 Å². The zero-order valence-electron chi connectivity index (χ0n) is 12.5. The van der Waals surface area contributed by atoms with Gasteiger partial charge in [0.25, 0.3) is 0 Å². The van der Waals surface area contributed by atoms with Crippen LogP contribution in [0.1, 0.15) is 43.6 Å². The summed E-state index contributed by atoms with van der Waals surface area (Å²) in [6.45, 7) is 3.21. The van der Waals surface area contributed by atoms with E-state index in [-0.39, 0.29) is 11.8 Å². The maximum Gasteiger partial charge on any atom is 0.246 e. The minimum atomic E-state index is -0.531. The van der Waals surface area contributed by atoms with Gasteiger partial charge in [0, 0.05) is 25.1 Å². The van der Waals surface area contributed by atoms with Crippen molar-refractivity contribution in [3.8, 4) is 0 Å². The number of amides is 1. The molecule has 1 N–H and O–H groups in total. The van der Waals surface area contributed by atoms with Crippen LogP contribution in [-0.4, -0.2) is 34.6 Å². The molecule has 0 radical (unpaired) electrons. The molecule has 2 unspecified atom stereocenters. The summed E-state index contributed by atoms with van der Waals surface area (Å²) < 4.78 is 5.43. The lowest BCUT2D eigenvalue weighted by Gasteiger charge is -2.47. The van der Waals surface area contributed by atoms with E-state index in [9.17, 15) is 9.90 Å². The number of hydrogen-bond donors (Lipinski definition) is 1. The highest BCUT2D eigenvalue weighted by molar-refractivity contribution is 5.91. The van der Waals surface area contributed by atoms with Crippen LogP contribution in [0.5, 0.6) is 0 Å². The van der Waals surface area contributed by atoms with E-state index in [1.54, 1.807) is 12.2 Å². The number of carbonyl (C=O) groups excluding carboxylic acids is 1. The van der Waals surface area contributed by atoms with Gasteiger partial charge in [-0.25, -0.2) is 0 Å². The Morgan fingerprint density at radius 3 is 3.05 bits per heavy atom. The number of fused-ring (bicyclic) bond motifs is 1. The molecule has 4 heteroatoms. The zero-order valence-corrected chi connectivity index (χ0v) is 12.5. The summed E-state index contributed by atoms with van der Waals surface area (Å²) >= 11 is 0. The van der Waals surface area contributed by atoms with Gasteiger partial charge in [0.05, 0.1) is 5.60 Å². The van der Waals surface area contributed by atoms with Gasteiger partial charge >= 0.3 is 0 Å². The summed E-state index contributed by atoms with van der Waals surface area (Å²) in [5, 5.41) is 10.6. The number of rotatable bonds is 2. The molecular weight excluding hydrogens is 266 g/mol. The molecule has 1 aliphatic heterocycles. The summed E-state index contributed by atoms with van der Waals surface area (Å²) in [7, 11) is 0. The lowest BCUT2D eigenvalue weighted by Crippen LogP contribution is -2.54. The third-order valence-corrected chi connectivity index (χ3v) is 4.89. The van der Waals surface area contributed by atoms with Crippen molar-refractivity contribution in [3.63, 3.8) is 0 Å². The smallest absolute Gasteiger partial charge is 0.246 e. The average Bonchev–Trinajstić information content (AvgIpc) is 2.89. The largest absolute Gasteiger partial charge is 0.462 e. The van der Waals surface area contributed by atoms with E-state index < -0.39 is 5.60 Å². The highest BCUT2D eigenvalue weighted by Gasteiger charge is 2.43. The van der Waals surface area contributed by atoms with Gasteiger partial charge < -0.3 is 14.4 Å². The van der Waals surface area contributed by atoms with E-state index in [1.165, 1.54) is 0 Å². The average molecular weight is 289 g/mol. The lowest BCUT2D eigenvalue weighted by molar-refractivity contribution is -0.138. The molecule has 1 aliphatic carbocycles. The first kappa shape index (κ1) is 14.4. The van der Waals surface area contributed by atoms with E-state index in [4.69, 9.17) is 4.42 Å². The minimum absolute atomic E-state index is 0.0108. The number of aryl methyl sites for hydroxylation is 1. The van der Waals surface area contributed by atoms with Crippen LogP contribution >= 0.6 is 0 Å². The quantitative estimate of drug-likeness (QED) is 0.852. The fraction of sp³-hybridized carbons (Fsp3) is 0.588. The fourth-order valence-corrected chi connectivity index (χ4v) is 3.57. The Balaban J connectivity index is 1.62. The summed E-state index contributed by atoms with van der Waals surface area (Å²) in [6.07, 6.45) is 8.19. The highest BCUT2D eigenvalue weighted by atomic mass is 16.3. The summed E-state index contributed by atoms with van der Waals surface area (Å²) in [6, 6.07) is 3.74. The maximum absolute atomic E-state index is 12.3. The van der Waals surface area contributed by atoms with Crippen molar-refractivity contribution in [1.29, 1.82) is 0 Å². The number of piperidine rings is 1. The van der Waals surface area contributed by atoms with Gasteiger partial charge in [-0.05, 0) is 44.4 Å². The SMILES string of the molecule is Cc1ccc(/C=C/C(=O)N2CCC3(O)CCCCC3C2)o1. The standard InChI is InChI=1S/C17H23NO3/c1-13-5-6-15(21-13)7-8-16(19)18-11-10-17(20)9-3-2-4-14(17)12-18/h5-8,14,20H,2-4,9-12H2,1H3/b8-7+. The molecule has 2 atom stereocenters. The molecule has 1 aromatic heterocycles. The van der Waals surface area contributed by atoms with Gasteiger partial charge in [-0.1, -0.05) is 12.8 Å². The van der Waals surface area contributed by atoms with Crippen molar-refractivity contribution in [2.45, 2.75) is 44.6 Å². The molecule has 1 saturated heterocycles. The second kappa shape index (κ2) is 5.68. The van der Waals surface area contributed by atoms with Gasteiger partial charge in [0.2, 0.25) is 5.91 Å². The van der Waals surface area contributed by atoms with Gasteiger partial charge in [-0.2, -0.15) is 0 Å². The number of nitrogens with zero attached hydrogens (tertiary/aromatic N) is 1. The Kier molecular flexibility index (Phi) is 3.89. The minimum Gasteiger partial charge on any atom is -0.462 e. The molecular formula is C17H23NO3. The van der Waals surface area contributed by atoms with Crippen LogP contribution in [0.15, 0.2) is 22.6 Å². The topological polar surface area (TPSA) is 53.7 Å². The van der Waals surface area contributed by atoms with Crippen molar-refractivity contribution in [1.82, 2.24) is 4.90 Å². The van der Waals surface area contributed by atoms with Crippen molar-refractivity contribution in [2.75, 3.05) is 13.1 Å². The van der Waals surface area contributed by atoms with Crippen LogP contribution in [-0.2, 0) is 4.79 Å². The molecule has 4 nitrogen and oxygen atoms in total. The second-order valence-electron chi connectivity index (χ2n) is 6.36. The molecule has 0 spiro atoms. The van der Waals surface area contributed by atoms with Crippen LogP contribution in [0.25, 0.3) is 6.08 Å². The Bertz CT molecular complexity index is 548. The summed E-state index contributed by atoms with van der Waals surface area (Å²) in [4.78, 5) is 14.1. The van der Waals surface area contributed by atoms with Gasteiger partial charge in [-0.15, -0.1) is 0 Å². The fourth-order valence-electron chi connectivity index (χ4n) is 3.57. The van der Waals surface area contributed by atoms with Crippen LogP contribution in [0.4, 0.5) is 0 Å². The molecule has 0 bridgehead atoms. The zero-order chi connectivity index (χ0) is 14.9. The van der Waals surface area contributed by atoms with Crippen LogP contribution in [0.2, 0.25) is 0 Å². The second-order valence-corrected chi connectivity index (χ2v) is 6.36. The van der Waals surface area contributed by atoms with Crippen LogP contribution in [0, 0.1) is 12.8 Å². The van der Waals surface area contributed by atoms with Crippen LogP contribution in [0.3, 0.4) is 0 Å². The summed E-state index contributed by atoms with van der Waals surface area (Å²) in [5.74, 6) is 1.79. The Morgan fingerprint density at radius 1 is 1.43 bits per heavy atom. The van der Waals surface area contributed by atoms with E-state index in [0.29, 0.717) is 25.3 Å². The summed E-state index contributed by atoms with van der Waals surface area (Å²) in [5.41, 5.74) is -0.531. The predicted molar refractivity (Wildman–Crippen MR) is 80.6 cm³/mol. The molecule has 2 aliphatic rings. The normalized spacial score (nSPS) is 29.6. The molecule has 1 saturated carbocycles. The van der Waals surface area contributed by atoms with Gasteiger partial charge in [-0.3, -0.25) is 4.79 Å². The molecule has 2 heterocycles. The third-order valence-electron chi connectivity index (χ3n) is 4.89. The number of furan rings is 1. The Hall–Kier alpha value is -1.55. The monoisotopic (exact) mass is 289 g/mol. The predicted octanol–water partition coefficient (Wildman–Crippen LogP) is 2.75. The first-order valence-electron chi connectivity index (χ1n) is 7.83. The first-order valence-corrected chi connectivity index (χ1v) is 7.83. The van der Waals surface area contributed by atoms with E-state index >= 15 is 0 Å². The van der Waals surface area contributed by atoms with E-state index in [2.05, 4.69) is 0 Å². The van der Waals surface area contributed by atoms with E-state index in [1.807, 2.05) is 24.0 Å². The number of likely N-dealkylation sites (tertiary alicyclic amines) is 1. The highest BCUT2D eigenvalue weighted by Crippen LogP contribution is 2.39. The van der Waals surface area contributed by atoms with Crippen LogP contribution < -0.4 is 0 Å². The van der Waals surface area contributed by atoms with Gasteiger partial charge in [0.15, 0.2) is 0 Å². The third kappa shape index (κ3) is 3.05. The molecule has 1 aromatic rings. The van der Waals surface area contributed by atoms with Gasteiger partial charge in [0.1, 0.15) is 11.5 Å². The number of aliphatic hydroxyl groups is 1. The molecule has 21 heavy (non-hydrogen) atoms. The van der Waals surface area contributed by atoms with Crippen molar-refractivity contribution >= 4 is 12.0 Å². The number of hydrogen-bond acceptors (Lipinski definition) is 3. The molecule has 1 amide bonds. The van der Waals surface area contributed by atoms with Crippen molar-refractivity contribution in [2.24, 2.45) is 5.92 Å². The lowest BCUT2D eigenvalue weighted by atomic mass is 9.71. The van der Waals surface area contributed by atoms with Crippen molar-refractivity contribution < 1.29 is 14.3 Å². The molecule has 3 rings (SSSR count). The maximum atomic E-state index is 12.3. The number of carbonyl (C=O) groups is 1. The Labute approximate surface area is 125 Å². The van der Waals surface area contributed by atoms with E-state index in [0.717, 1.165) is 31.4 Å². The molecule has 0 aromatic carbocycles. The molecule has 2 fully saturated rings. The molecule has 114 valence electrons.